The lowest BCUT2D eigenvalue weighted by Gasteiger charge is -2.34. The van der Waals surface area contributed by atoms with Gasteiger partial charge in [0.25, 0.3) is 10.0 Å². The third-order valence-electron chi connectivity index (χ3n) is 6.88. The van der Waals surface area contributed by atoms with E-state index in [0.717, 1.165) is 27.4 Å². The van der Waals surface area contributed by atoms with Crippen LogP contribution in [0.3, 0.4) is 0 Å². The van der Waals surface area contributed by atoms with Gasteiger partial charge in [-0.1, -0.05) is 73.5 Å². The van der Waals surface area contributed by atoms with Crippen LogP contribution >= 0.6 is 11.6 Å². The summed E-state index contributed by atoms with van der Waals surface area (Å²) < 4.78 is 29.0. The van der Waals surface area contributed by atoms with E-state index in [9.17, 15) is 18.0 Å². The van der Waals surface area contributed by atoms with Crippen molar-refractivity contribution < 1.29 is 18.0 Å². The van der Waals surface area contributed by atoms with Crippen LogP contribution in [-0.4, -0.2) is 43.8 Å². The van der Waals surface area contributed by atoms with Crippen LogP contribution in [0.5, 0.6) is 0 Å². The lowest BCUT2D eigenvalue weighted by molar-refractivity contribution is -0.140. The fraction of sp³-hybridized carbons (Fsp3) is 0.355. The minimum atomic E-state index is -4.10. The zero-order chi connectivity index (χ0) is 29.4. The maximum atomic E-state index is 14.1. The number of aryl methyl sites for hydroxylation is 2. The predicted octanol–water partition coefficient (Wildman–Crippen LogP) is 5.87. The first-order valence-corrected chi connectivity index (χ1v) is 15.3. The highest BCUT2D eigenvalue weighted by molar-refractivity contribution is 7.92. The molecule has 0 aliphatic rings. The number of hydrogen-bond donors (Lipinski definition) is 1. The van der Waals surface area contributed by atoms with Crippen molar-refractivity contribution in [1.29, 1.82) is 0 Å². The molecule has 0 heterocycles. The van der Waals surface area contributed by atoms with Crippen molar-refractivity contribution in [2.24, 2.45) is 0 Å². The van der Waals surface area contributed by atoms with Gasteiger partial charge in [0.15, 0.2) is 0 Å². The molecule has 0 aliphatic heterocycles. The average molecular weight is 584 g/mol. The number of rotatable bonds is 12. The number of halogens is 1. The molecular weight excluding hydrogens is 546 g/mol. The van der Waals surface area contributed by atoms with E-state index in [0.29, 0.717) is 17.1 Å². The van der Waals surface area contributed by atoms with E-state index in [1.165, 1.54) is 17.0 Å². The van der Waals surface area contributed by atoms with Crippen molar-refractivity contribution >= 4 is 39.1 Å². The molecule has 1 N–H and O–H groups in total. The first-order chi connectivity index (χ1) is 19.0. The molecule has 0 saturated carbocycles. The Hall–Kier alpha value is -3.36. The van der Waals surface area contributed by atoms with Gasteiger partial charge in [0.05, 0.1) is 10.6 Å². The van der Waals surface area contributed by atoms with E-state index in [2.05, 4.69) is 5.32 Å². The second kappa shape index (κ2) is 13.8. The largest absolute Gasteiger partial charge is 0.352 e. The number of carbonyl (C=O) groups excluding carboxylic acids is 2. The first-order valence-electron chi connectivity index (χ1n) is 13.5. The molecule has 2 atom stereocenters. The molecule has 2 amide bonds. The monoisotopic (exact) mass is 583 g/mol. The van der Waals surface area contributed by atoms with Crippen molar-refractivity contribution in [1.82, 2.24) is 10.2 Å². The summed E-state index contributed by atoms with van der Waals surface area (Å²) in [5, 5.41) is 3.54. The maximum absolute atomic E-state index is 14.1. The number of amides is 2. The van der Waals surface area contributed by atoms with Crippen molar-refractivity contribution in [2.45, 2.75) is 71.0 Å². The molecule has 9 heteroatoms. The molecule has 0 saturated heterocycles. The topological polar surface area (TPSA) is 86.8 Å². The van der Waals surface area contributed by atoms with Gasteiger partial charge < -0.3 is 10.2 Å². The molecule has 7 nitrogen and oxygen atoms in total. The SMILES string of the molecule is CC[C@H](C)NC(=O)[C@H](CC)N(Cc1ccc(Cl)cc1)C(=O)CN(c1ccc(C)cc1C)S(=O)(=O)c1ccccc1. The molecular formula is C31H38ClN3O4S. The normalized spacial score (nSPS) is 12.8. The van der Waals surface area contributed by atoms with Crippen molar-refractivity contribution in [3.05, 3.63) is 94.5 Å². The smallest absolute Gasteiger partial charge is 0.264 e. The maximum Gasteiger partial charge on any atom is 0.264 e. The second-order valence-electron chi connectivity index (χ2n) is 10.0. The fourth-order valence-electron chi connectivity index (χ4n) is 4.47. The van der Waals surface area contributed by atoms with Crippen LogP contribution in [-0.2, 0) is 26.2 Å². The molecule has 0 aromatic heterocycles. The number of hydrogen-bond acceptors (Lipinski definition) is 4. The Labute approximate surface area is 243 Å². The molecule has 214 valence electrons. The van der Waals surface area contributed by atoms with E-state index < -0.39 is 28.5 Å². The molecule has 3 rings (SSSR count). The van der Waals surface area contributed by atoms with E-state index >= 15 is 0 Å². The summed E-state index contributed by atoms with van der Waals surface area (Å²) in [7, 11) is -4.10. The van der Waals surface area contributed by atoms with Gasteiger partial charge in [-0.05, 0) is 75.1 Å². The Balaban J connectivity index is 2.07. The quantitative estimate of drug-likeness (QED) is 0.289. The fourth-order valence-corrected chi connectivity index (χ4v) is 6.09. The first kappa shape index (κ1) is 31.2. The molecule has 40 heavy (non-hydrogen) atoms. The standard InChI is InChI=1S/C31H38ClN3O4S/c1-6-24(5)33-31(37)28(7-2)34(20-25-14-16-26(32)17-15-25)30(36)21-35(29-18-13-22(3)19-23(29)4)40(38,39)27-11-9-8-10-12-27/h8-19,24,28H,6-7,20-21H2,1-5H3,(H,33,37)/t24-,28-/m0/s1. The van der Waals surface area contributed by atoms with Crippen LogP contribution in [0.25, 0.3) is 0 Å². The molecule has 3 aromatic rings. The molecule has 0 aliphatic carbocycles. The summed E-state index contributed by atoms with van der Waals surface area (Å²) >= 11 is 6.08. The third-order valence-corrected chi connectivity index (χ3v) is 8.91. The van der Waals surface area contributed by atoms with E-state index in [-0.39, 0.29) is 23.4 Å². The Morgan fingerprint density at radius 3 is 2.15 bits per heavy atom. The Kier molecular flexibility index (Phi) is 10.8. The van der Waals surface area contributed by atoms with Gasteiger partial charge in [-0.3, -0.25) is 13.9 Å². The van der Waals surface area contributed by atoms with Crippen molar-refractivity contribution in [3.8, 4) is 0 Å². The number of carbonyl (C=O) groups is 2. The van der Waals surface area contributed by atoms with Crippen LogP contribution in [0.2, 0.25) is 5.02 Å². The average Bonchev–Trinajstić information content (AvgIpc) is 2.93. The van der Waals surface area contributed by atoms with Gasteiger partial charge in [-0.25, -0.2) is 8.42 Å². The summed E-state index contributed by atoms with van der Waals surface area (Å²) in [6.45, 7) is 9.11. The molecule has 0 radical (unpaired) electrons. The Bertz CT molecular complexity index is 1410. The lowest BCUT2D eigenvalue weighted by Crippen LogP contribution is -2.53. The minimum Gasteiger partial charge on any atom is -0.352 e. The summed E-state index contributed by atoms with van der Waals surface area (Å²) in [5.74, 6) is -0.760. The van der Waals surface area contributed by atoms with Gasteiger partial charge in [-0.2, -0.15) is 0 Å². The Morgan fingerprint density at radius 2 is 1.57 bits per heavy atom. The number of sulfonamides is 1. The van der Waals surface area contributed by atoms with E-state index in [4.69, 9.17) is 11.6 Å². The molecule has 0 unspecified atom stereocenters. The van der Waals surface area contributed by atoms with Gasteiger partial charge in [0, 0.05) is 17.6 Å². The second-order valence-corrected chi connectivity index (χ2v) is 12.3. The zero-order valence-electron chi connectivity index (χ0n) is 23.7. The lowest BCUT2D eigenvalue weighted by atomic mass is 10.1. The zero-order valence-corrected chi connectivity index (χ0v) is 25.3. The number of benzene rings is 3. The molecule has 3 aromatic carbocycles. The van der Waals surface area contributed by atoms with Crippen molar-refractivity contribution in [3.63, 3.8) is 0 Å². The number of nitrogens with one attached hydrogen (secondary N) is 1. The third kappa shape index (κ3) is 7.64. The predicted molar refractivity (Wildman–Crippen MR) is 161 cm³/mol. The summed E-state index contributed by atoms with van der Waals surface area (Å²) in [5.41, 5.74) is 2.88. The van der Waals surface area contributed by atoms with E-state index in [1.807, 2.05) is 46.8 Å². The van der Waals surface area contributed by atoms with Crippen LogP contribution in [0, 0.1) is 13.8 Å². The van der Waals surface area contributed by atoms with Gasteiger partial charge in [-0.15, -0.1) is 0 Å². The van der Waals surface area contributed by atoms with Crippen LogP contribution in [0.15, 0.2) is 77.7 Å². The molecule has 0 bridgehead atoms. The molecule has 0 spiro atoms. The van der Waals surface area contributed by atoms with Gasteiger partial charge in [0.1, 0.15) is 12.6 Å². The summed E-state index contributed by atoms with van der Waals surface area (Å²) in [6, 6.07) is 19.6. The highest BCUT2D eigenvalue weighted by Gasteiger charge is 2.34. The van der Waals surface area contributed by atoms with E-state index in [1.54, 1.807) is 48.5 Å². The summed E-state index contributed by atoms with van der Waals surface area (Å²) in [6.07, 6.45) is 1.10. The highest BCUT2D eigenvalue weighted by atomic mass is 35.5. The number of anilines is 1. The Morgan fingerprint density at radius 1 is 0.925 bits per heavy atom. The molecule has 0 fully saturated rings. The minimum absolute atomic E-state index is 0.0702. The van der Waals surface area contributed by atoms with Crippen LogP contribution < -0.4 is 9.62 Å². The van der Waals surface area contributed by atoms with Crippen molar-refractivity contribution in [2.75, 3.05) is 10.8 Å². The van der Waals surface area contributed by atoms with Crippen LogP contribution in [0.4, 0.5) is 5.69 Å². The summed E-state index contributed by atoms with van der Waals surface area (Å²) in [4.78, 5) is 29.0. The van der Waals surface area contributed by atoms with Crippen LogP contribution in [0.1, 0.15) is 50.3 Å². The van der Waals surface area contributed by atoms with Gasteiger partial charge in [0.2, 0.25) is 11.8 Å². The highest BCUT2D eigenvalue weighted by Crippen LogP contribution is 2.28. The number of nitrogens with zero attached hydrogens (tertiary/aromatic N) is 2. The van der Waals surface area contributed by atoms with Gasteiger partial charge >= 0.3 is 0 Å².